The van der Waals surface area contributed by atoms with Gasteiger partial charge in [-0.2, -0.15) is 0 Å². The molecule has 4 saturated carbocycles. The number of fused-ring (bicyclic) bond motifs is 1. The predicted octanol–water partition coefficient (Wildman–Crippen LogP) is 0.667. The van der Waals surface area contributed by atoms with E-state index in [9.17, 15) is 19.2 Å². The second kappa shape index (κ2) is 4.39. The van der Waals surface area contributed by atoms with Gasteiger partial charge in [-0.3, -0.25) is 19.2 Å². The Labute approximate surface area is 122 Å². The normalized spacial score (nSPS) is 40.9. The van der Waals surface area contributed by atoms with Gasteiger partial charge in [0.2, 0.25) is 0 Å². The van der Waals surface area contributed by atoms with Crippen LogP contribution in [0.4, 0.5) is 0 Å². The van der Waals surface area contributed by atoms with Crippen LogP contribution in [0.1, 0.15) is 32.1 Å². The molecule has 0 saturated heterocycles. The summed E-state index contributed by atoms with van der Waals surface area (Å²) in [4.78, 5) is 50.0. The van der Waals surface area contributed by atoms with Gasteiger partial charge in [-0.1, -0.05) is 0 Å². The monoisotopic (exact) mass is 294 g/mol. The molecule has 6 nitrogen and oxygen atoms in total. The molecule has 0 amide bonds. The molecular weight excluding hydrogens is 276 g/mol. The summed E-state index contributed by atoms with van der Waals surface area (Å²) < 4.78 is 9.66. The number of rotatable bonds is 2. The summed E-state index contributed by atoms with van der Waals surface area (Å²) in [5.74, 6) is -2.44. The summed E-state index contributed by atoms with van der Waals surface area (Å²) in [5.41, 5.74) is -2.69. The minimum absolute atomic E-state index is 0.0932. The van der Waals surface area contributed by atoms with Crippen LogP contribution >= 0.6 is 0 Å². The van der Waals surface area contributed by atoms with Gasteiger partial charge in [-0.05, 0) is 32.1 Å². The second-order valence-electron chi connectivity index (χ2n) is 6.43. The highest BCUT2D eigenvalue weighted by Crippen LogP contribution is 2.60. The summed E-state index contributed by atoms with van der Waals surface area (Å²) in [6.07, 6.45) is 1.35. The minimum atomic E-state index is -1.35. The standard InChI is InChI=1S/C15H18O6/c1-20-12(18)14-5-8-3-4-9(10(14)16)6-15(7-14,11(8)17)13(19)21-2/h8-9H,3-7H2,1-2H3/t8-,9-,14+,15+/m0/s1. The molecule has 4 rings (SSSR count). The maximum atomic E-state index is 12.7. The first-order valence-electron chi connectivity index (χ1n) is 7.17. The van der Waals surface area contributed by atoms with Crippen molar-refractivity contribution in [1.82, 2.24) is 0 Å². The Morgan fingerprint density at radius 1 is 0.905 bits per heavy atom. The summed E-state index contributed by atoms with van der Waals surface area (Å²) >= 11 is 0. The fraction of sp³-hybridized carbons (Fsp3) is 0.733. The number of esters is 2. The van der Waals surface area contributed by atoms with Gasteiger partial charge in [0, 0.05) is 11.8 Å². The molecule has 4 aliphatic carbocycles. The van der Waals surface area contributed by atoms with Crippen molar-refractivity contribution in [3.63, 3.8) is 0 Å². The molecule has 0 aromatic heterocycles. The Bertz CT molecular complexity index is 504. The molecule has 114 valence electrons. The third-order valence-electron chi connectivity index (χ3n) is 5.49. The van der Waals surface area contributed by atoms with Gasteiger partial charge in [0.25, 0.3) is 0 Å². The van der Waals surface area contributed by atoms with Crippen LogP contribution in [-0.2, 0) is 28.7 Å². The smallest absolute Gasteiger partial charge is 0.319 e. The van der Waals surface area contributed by atoms with Crippen LogP contribution in [0.15, 0.2) is 0 Å². The molecule has 21 heavy (non-hydrogen) atoms. The molecule has 0 radical (unpaired) electrons. The summed E-state index contributed by atoms with van der Waals surface area (Å²) in [7, 11) is 2.47. The van der Waals surface area contributed by atoms with E-state index in [-0.39, 0.29) is 30.8 Å². The van der Waals surface area contributed by atoms with Crippen molar-refractivity contribution in [2.75, 3.05) is 14.2 Å². The SMILES string of the molecule is COC(=O)[C@]12C[C@@H]3CC[C@@H](C[C@@](C(=O)OC)(C1)C3=O)C2=O. The fourth-order valence-electron chi connectivity index (χ4n) is 4.61. The topological polar surface area (TPSA) is 86.7 Å². The van der Waals surface area contributed by atoms with Crippen LogP contribution in [0.3, 0.4) is 0 Å². The third-order valence-corrected chi connectivity index (χ3v) is 5.49. The highest BCUT2D eigenvalue weighted by molar-refractivity contribution is 6.14. The van der Waals surface area contributed by atoms with Crippen molar-refractivity contribution in [3.8, 4) is 0 Å². The predicted molar refractivity (Wildman–Crippen MR) is 69.0 cm³/mol. The number of methoxy groups -OCH3 is 2. The van der Waals surface area contributed by atoms with Gasteiger partial charge in [0.15, 0.2) is 11.6 Å². The van der Waals surface area contributed by atoms with Gasteiger partial charge in [-0.15, -0.1) is 0 Å². The number of ether oxygens (including phenoxy) is 2. The van der Waals surface area contributed by atoms with E-state index >= 15 is 0 Å². The van der Waals surface area contributed by atoms with Crippen molar-refractivity contribution in [3.05, 3.63) is 0 Å². The van der Waals surface area contributed by atoms with Crippen molar-refractivity contribution in [2.45, 2.75) is 32.1 Å². The number of hydrogen-bond donors (Lipinski definition) is 0. The average Bonchev–Trinajstić information content (AvgIpc) is 2.66. The van der Waals surface area contributed by atoms with Crippen LogP contribution in [0, 0.1) is 22.7 Å². The van der Waals surface area contributed by atoms with Crippen LogP contribution in [-0.4, -0.2) is 37.7 Å². The Morgan fingerprint density at radius 2 is 1.29 bits per heavy atom. The second-order valence-corrected chi connectivity index (χ2v) is 6.43. The first kappa shape index (κ1) is 14.2. The van der Waals surface area contributed by atoms with Gasteiger partial charge in [0.1, 0.15) is 10.8 Å². The van der Waals surface area contributed by atoms with Crippen molar-refractivity contribution in [1.29, 1.82) is 0 Å². The van der Waals surface area contributed by atoms with E-state index < -0.39 is 34.6 Å². The molecule has 4 bridgehead atoms. The molecule has 0 aromatic rings. The quantitative estimate of drug-likeness (QED) is 0.549. The van der Waals surface area contributed by atoms with E-state index in [0.29, 0.717) is 12.8 Å². The van der Waals surface area contributed by atoms with Gasteiger partial charge in [-0.25, -0.2) is 0 Å². The molecule has 4 atom stereocenters. The Morgan fingerprint density at radius 3 is 1.62 bits per heavy atom. The Hall–Kier alpha value is -1.72. The van der Waals surface area contributed by atoms with E-state index in [2.05, 4.69) is 0 Å². The summed E-state index contributed by atoms with van der Waals surface area (Å²) in [6.45, 7) is 0. The highest BCUT2D eigenvalue weighted by atomic mass is 16.5. The molecule has 0 aromatic carbocycles. The maximum Gasteiger partial charge on any atom is 0.319 e. The van der Waals surface area contributed by atoms with Crippen LogP contribution in [0.25, 0.3) is 0 Å². The average molecular weight is 294 g/mol. The number of carbonyl (C=O) groups excluding carboxylic acids is 4. The van der Waals surface area contributed by atoms with Crippen LogP contribution in [0.5, 0.6) is 0 Å². The largest absolute Gasteiger partial charge is 0.468 e. The molecule has 0 unspecified atom stereocenters. The van der Waals surface area contributed by atoms with Gasteiger partial charge < -0.3 is 9.47 Å². The molecule has 0 heterocycles. The Balaban J connectivity index is 2.18. The van der Waals surface area contributed by atoms with Crippen molar-refractivity contribution >= 4 is 23.5 Å². The lowest BCUT2D eigenvalue weighted by Crippen LogP contribution is -2.61. The minimum Gasteiger partial charge on any atom is -0.468 e. The van der Waals surface area contributed by atoms with E-state index in [1.165, 1.54) is 14.2 Å². The van der Waals surface area contributed by atoms with Crippen molar-refractivity contribution < 1.29 is 28.7 Å². The summed E-state index contributed by atoms with van der Waals surface area (Å²) in [5, 5.41) is 0. The first-order chi connectivity index (χ1) is 9.91. The molecule has 0 aliphatic heterocycles. The van der Waals surface area contributed by atoms with E-state index in [0.717, 1.165) is 0 Å². The fourth-order valence-corrected chi connectivity index (χ4v) is 4.61. The number of Topliss-reactive ketones (excluding diaryl/α,β-unsaturated/α-hetero) is 2. The highest BCUT2D eigenvalue weighted by Gasteiger charge is 2.70. The first-order valence-corrected chi connectivity index (χ1v) is 7.17. The number of carbonyl (C=O) groups is 4. The molecule has 0 N–H and O–H groups in total. The van der Waals surface area contributed by atoms with E-state index in [4.69, 9.17) is 9.47 Å². The zero-order valence-electron chi connectivity index (χ0n) is 12.1. The molecule has 4 fully saturated rings. The van der Waals surface area contributed by atoms with Crippen molar-refractivity contribution in [2.24, 2.45) is 22.7 Å². The van der Waals surface area contributed by atoms with Crippen LogP contribution < -0.4 is 0 Å². The van der Waals surface area contributed by atoms with E-state index in [1.807, 2.05) is 0 Å². The zero-order chi connectivity index (χ0) is 15.4. The molecule has 6 heteroatoms. The number of hydrogen-bond acceptors (Lipinski definition) is 6. The number of ketones is 2. The lowest BCUT2D eigenvalue weighted by Gasteiger charge is -2.49. The Kier molecular flexibility index (Phi) is 2.97. The lowest BCUT2D eigenvalue weighted by atomic mass is 9.50. The van der Waals surface area contributed by atoms with Gasteiger partial charge in [0.05, 0.1) is 14.2 Å². The summed E-state index contributed by atoms with van der Waals surface area (Å²) in [6, 6.07) is 0. The third kappa shape index (κ3) is 1.59. The lowest BCUT2D eigenvalue weighted by molar-refractivity contribution is -0.182. The molecule has 4 aliphatic rings. The zero-order valence-corrected chi connectivity index (χ0v) is 12.1. The van der Waals surface area contributed by atoms with Gasteiger partial charge >= 0.3 is 11.9 Å². The molecule has 0 spiro atoms. The van der Waals surface area contributed by atoms with Crippen LogP contribution in [0.2, 0.25) is 0 Å². The van der Waals surface area contributed by atoms with E-state index in [1.54, 1.807) is 0 Å². The molecular formula is C15H18O6. The maximum absolute atomic E-state index is 12.7.